The highest BCUT2D eigenvalue weighted by atomic mass is 79.9. The van der Waals surface area contributed by atoms with Gasteiger partial charge >= 0.3 is 0 Å². The molecule has 0 unspecified atom stereocenters. The molecule has 0 saturated heterocycles. The molecule has 1 aromatic carbocycles. The van der Waals surface area contributed by atoms with Gasteiger partial charge in [0, 0.05) is 23.7 Å². The van der Waals surface area contributed by atoms with Gasteiger partial charge in [-0.2, -0.15) is 5.10 Å². The number of benzene rings is 1. The highest BCUT2D eigenvalue weighted by Gasteiger charge is 2.16. The summed E-state index contributed by atoms with van der Waals surface area (Å²) < 4.78 is 7.70. The van der Waals surface area contributed by atoms with Crippen LogP contribution in [0.3, 0.4) is 0 Å². The van der Waals surface area contributed by atoms with E-state index in [1.54, 1.807) is 36.1 Å². The van der Waals surface area contributed by atoms with Gasteiger partial charge in [0.05, 0.1) is 27.9 Å². The fourth-order valence-corrected chi connectivity index (χ4v) is 3.08. The number of nitrogens with zero attached hydrogens (tertiary/aromatic N) is 3. The second-order valence-corrected chi connectivity index (χ2v) is 6.64. The Morgan fingerprint density at radius 1 is 1.38 bits per heavy atom. The van der Waals surface area contributed by atoms with E-state index in [0.29, 0.717) is 27.9 Å². The number of halogens is 3. The molecule has 124 valence electrons. The van der Waals surface area contributed by atoms with Crippen LogP contribution in [0, 0.1) is 0 Å². The number of amides is 1. The number of nitrogens with one attached hydrogen (secondary N) is 1. The molecule has 0 radical (unpaired) electrons. The first-order chi connectivity index (χ1) is 11.5. The van der Waals surface area contributed by atoms with Gasteiger partial charge < -0.3 is 9.84 Å². The zero-order valence-corrected chi connectivity index (χ0v) is 15.5. The van der Waals surface area contributed by atoms with E-state index in [0.717, 1.165) is 10.2 Å². The summed E-state index contributed by atoms with van der Waals surface area (Å²) >= 11 is 15.4. The van der Waals surface area contributed by atoms with Gasteiger partial charge in [-0.25, -0.2) is 0 Å². The highest BCUT2D eigenvalue weighted by molar-refractivity contribution is 9.10. The minimum Gasteiger partial charge on any atom is -0.355 e. The summed E-state index contributed by atoms with van der Waals surface area (Å²) in [7, 11) is 1.79. The third-order valence-electron chi connectivity index (χ3n) is 3.37. The first kappa shape index (κ1) is 17.0. The maximum atomic E-state index is 12.2. The molecule has 1 N–H and O–H groups in total. The monoisotopic (exact) mass is 428 g/mol. The quantitative estimate of drug-likeness (QED) is 0.678. The lowest BCUT2D eigenvalue weighted by Crippen LogP contribution is -2.24. The fraction of sp³-hybridized carbons (Fsp3) is 0.133. The predicted octanol–water partition coefficient (Wildman–Crippen LogP) is 4.07. The van der Waals surface area contributed by atoms with E-state index < -0.39 is 0 Å². The molecule has 0 bridgehead atoms. The van der Waals surface area contributed by atoms with Crippen molar-refractivity contribution in [2.24, 2.45) is 7.05 Å². The molecule has 0 spiro atoms. The molecule has 3 rings (SSSR count). The molecule has 0 aliphatic rings. The summed E-state index contributed by atoms with van der Waals surface area (Å²) in [5.41, 5.74) is 1.61. The van der Waals surface area contributed by atoms with Crippen molar-refractivity contribution in [3.8, 4) is 11.3 Å². The largest absolute Gasteiger partial charge is 0.355 e. The first-order valence-corrected chi connectivity index (χ1v) is 8.37. The van der Waals surface area contributed by atoms with Crippen LogP contribution in [-0.4, -0.2) is 20.8 Å². The molecule has 6 nitrogen and oxygen atoms in total. The van der Waals surface area contributed by atoms with Crippen molar-refractivity contribution in [1.82, 2.24) is 20.3 Å². The summed E-state index contributed by atoms with van der Waals surface area (Å²) in [6, 6.07) is 6.52. The van der Waals surface area contributed by atoms with Gasteiger partial charge in [0.15, 0.2) is 11.5 Å². The van der Waals surface area contributed by atoms with Gasteiger partial charge in [-0.15, -0.1) is 0 Å². The lowest BCUT2D eigenvalue weighted by Gasteiger charge is -2.04. The summed E-state index contributed by atoms with van der Waals surface area (Å²) in [6.07, 6.45) is 1.66. The summed E-state index contributed by atoms with van der Waals surface area (Å²) in [5.74, 6) is 0.0340. The molecule has 0 atom stereocenters. The number of hydrogen-bond acceptors (Lipinski definition) is 4. The van der Waals surface area contributed by atoms with E-state index >= 15 is 0 Å². The fourth-order valence-electron chi connectivity index (χ4n) is 2.09. The van der Waals surface area contributed by atoms with Crippen LogP contribution in [0.15, 0.2) is 39.5 Å². The minimum atomic E-state index is -0.358. The Bertz CT molecular complexity index is 887. The Hall–Kier alpha value is -1.83. The summed E-state index contributed by atoms with van der Waals surface area (Å²) in [6.45, 7) is 0.305. The van der Waals surface area contributed by atoms with Crippen LogP contribution in [0.25, 0.3) is 11.3 Å². The van der Waals surface area contributed by atoms with Crippen LogP contribution in [0.4, 0.5) is 0 Å². The Balaban J connectivity index is 1.74. The van der Waals surface area contributed by atoms with E-state index in [9.17, 15) is 4.79 Å². The molecule has 0 aliphatic carbocycles. The summed E-state index contributed by atoms with van der Waals surface area (Å²) in [5, 5.41) is 11.6. The number of carbonyl (C=O) groups is 1. The van der Waals surface area contributed by atoms with Gasteiger partial charge in [-0.3, -0.25) is 9.48 Å². The molecule has 0 saturated carbocycles. The lowest BCUT2D eigenvalue weighted by molar-refractivity contribution is 0.0941. The minimum absolute atomic E-state index is 0.161. The number of hydrogen-bond donors (Lipinski definition) is 1. The Kier molecular flexibility index (Phi) is 4.93. The van der Waals surface area contributed by atoms with Crippen molar-refractivity contribution in [3.05, 3.63) is 56.4 Å². The SMILES string of the molecule is Cn1ncc(Br)c1CNC(=O)c1cc(-c2ccc(Cl)cc2Cl)on1. The molecule has 0 aliphatic heterocycles. The van der Waals surface area contributed by atoms with Gasteiger partial charge in [0.2, 0.25) is 0 Å². The molecule has 3 aromatic rings. The highest BCUT2D eigenvalue weighted by Crippen LogP contribution is 2.30. The van der Waals surface area contributed by atoms with Crippen molar-refractivity contribution < 1.29 is 9.32 Å². The smallest absolute Gasteiger partial charge is 0.273 e. The standard InChI is InChI=1S/C15H11BrCl2N4O2/c1-22-13(10(16)6-20-22)7-19-15(23)12-5-14(24-21-12)9-3-2-8(17)4-11(9)18/h2-6H,7H2,1H3,(H,19,23). The van der Waals surface area contributed by atoms with Crippen molar-refractivity contribution in [2.75, 3.05) is 0 Å². The van der Waals surface area contributed by atoms with Crippen LogP contribution in [0.5, 0.6) is 0 Å². The van der Waals surface area contributed by atoms with Gasteiger partial charge in [0.25, 0.3) is 5.91 Å². The maximum absolute atomic E-state index is 12.2. The molecule has 2 heterocycles. The molecular weight excluding hydrogens is 419 g/mol. The number of aryl methyl sites for hydroxylation is 1. The Morgan fingerprint density at radius 3 is 2.83 bits per heavy atom. The molecule has 2 aromatic heterocycles. The third kappa shape index (κ3) is 3.48. The number of carbonyl (C=O) groups excluding carboxylic acids is 1. The molecule has 24 heavy (non-hydrogen) atoms. The normalized spacial score (nSPS) is 10.8. The molecular formula is C15H11BrCl2N4O2. The lowest BCUT2D eigenvalue weighted by atomic mass is 10.1. The second kappa shape index (κ2) is 6.96. The summed E-state index contributed by atoms with van der Waals surface area (Å²) in [4.78, 5) is 12.2. The van der Waals surface area contributed by atoms with Gasteiger partial charge in [-0.1, -0.05) is 28.4 Å². The second-order valence-electron chi connectivity index (χ2n) is 4.95. The van der Waals surface area contributed by atoms with Gasteiger partial charge in [0.1, 0.15) is 0 Å². The zero-order chi connectivity index (χ0) is 17.3. The van der Waals surface area contributed by atoms with Crippen LogP contribution >= 0.6 is 39.1 Å². The van der Waals surface area contributed by atoms with Crippen LogP contribution in [0.1, 0.15) is 16.2 Å². The van der Waals surface area contributed by atoms with E-state index in [4.69, 9.17) is 27.7 Å². The predicted molar refractivity (Wildman–Crippen MR) is 94.0 cm³/mol. The average Bonchev–Trinajstić information content (AvgIpc) is 3.13. The number of rotatable bonds is 4. The molecule has 1 amide bonds. The van der Waals surface area contributed by atoms with E-state index in [2.05, 4.69) is 31.5 Å². The van der Waals surface area contributed by atoms with Crippen molar-refractivity contribution in [1.29, 1.82) is 0 Å². The van der Waals surface area contributed by atoms with Crippen LogP contribution in [0.2, 0.25) is 10.0 Å². The topological polar surface area (TPSA) is 73.0 Å². The van der Waals surface area contributed by atoms with Crippen LogP contribution in [-0.2, 0) is 13.6 Å². The maximum Gasteiger partial charge on any atom is 0.273 e. The zero-order valence-electron chi connectivity index (χ0n) is 12.4. The van der Waals surface area contributed by atoms with Crippen LogP contribution < -0.4 is 5.32 Å². The van der Waals surface area contributed by atoms with Crippen molar-refractivity contribution in [2.45, 2.75) is 6.54 Å². The van der Waals surface area contributed by atoms with E-state index in [1.807, 2.05) is 0 Å². The third-order valence-corrected chi connectivity index (χ3v) is 4.58. The van der Waals surface area contributed by atoms with Crippen molar-refractivity contribution in [3.63, 3.8) is 0 Å². The average molecular weight is 430 g/mol. The number of aromatic nitrogens is 3. The molecule has 0 fully saturated rings. The Morgan fingerprint density at radius 2 is 2.17 bits per heavy atom. The first-order valence-electron chi connectivity index (χ1n) is 6.82. The Labute approximate surface area is 155 Å². The van der Waals surface area contributed by atoms with E-state index in [-0.39, 0.29) is 11.6 Å². The van der Waals surface area contributed by atoms with Crippen molar-refractivity contribution >= 4 is 45.0 Å². The van der Waals surface area contributed by atoms with Gasteiger partial charge in [-0.05, 0) is 34.1 Å². The van der Waals surface area contributed by atoms with E-state index in [1.165, 1.54) is 6.07 Å². The molecule has 9 heteroatoms.